The molecule has 1 aromatic carbocycles. The largest absolute Gasteiger partial charge is 0.497 e. The van der Waals surface area contributed by atoms with Gasteiger partial charge in [0.25, 0.3) is 5.91 Å². The molecule has 2 amide bonds. The molecule has 29 heavy (non-hydrogen) atoms. The van der Waals surface area contributed by atoms with Crippen molar-refractivity contribution in [1.29, 1.82) is 0 Å². The van der Waals surface area contributed by atoms with E-state index in [4.69, 9.17) is 10.5 Å². The monoisotopic (exact) mass is 397 g/mol. The number of nitrogens with zero attached hydrogens (tertiary/aromatic N) is 3. The molecule has 1 fully saturated rings. The molecule has 1 aliphatic heterocycles. The highest BCUT2D eigenvalue weighted by Crippen LogP contribution is 2.28. The maximum atomic E-state index is 12.0. The van der Waals surface area contributed by atoms with Crippen LogP contribution in [0.1, 0.15) is 30.1 Å². The number of ether oxygens (including phenoxy) is 1. The van der Waals surface area contributed by atoms with Crippen molar-refractivity contribution in [3.05, 3.63) is 42.1 Å². The zero-order valence-corrected chi connectivity index (χ0v) is 17.0. The van der Waals surface area contributed by atoms with E-state index in [1.165, 1.54) is 6.20 Å². The molecule has 0 aliphatic carbocycles. The summed E-state index contributed by atoms with van der Waals surface area (Å²) in [5.41, 5.74) is 7.48. The summed E-state index contributed by atoms with van der Waals surface area (Å²) >= 11 is 0. The number of hydrogen-bond acceptors (Lipinski definition) is 6. The van der Waals surface area contributed by atoms with Crippen LogP contribution in [0.5, 0.6) is 5.75 Å². The van der Waals surface area contributed by atoms with Crippen LogP contribution < -0.4 is 20.7 Å². The SMILES string of the molecule is COc1ccc(Nc2cc(N(C)[C@@H]3CCCN(C(C)=O)C3)c(C(N)=O)cn2)cc1. The van der Waals surface area contributed by atoms with Gasteiger partial charge in [-0.2, -0.15) is 0 Å². The fraction of sp³-hybridized carbons (Fsp3) is 0.381. The molecule has 0 radical (unpaired) electrons. The first kappa shape index (κ1) is 20.4. The molecule has 2 heterocycles. The van der Waals surface area contributed by atoms with Crippen molar-refractivity contribution >= 4 is 29.0 Å². The lowest BCUT2D eigenvalue weighted by Gasteiger charge is -2.38. The van der Waals surface area contributed by atoms with Gasteiger partial charge in [-0.05, 0) is 37.1 Å². The van der Waals surface area contributed by atoms with Gasteiger partial charge in [0.2, 0.25) is 5.91 Å². The Morgan fingerprint density at radius 3 is 2.66 bits per heavy atom. The molecule has 3 N–H and O–H groups in total. The number of piperidine rings is 1. The van der Waals surface area contributed by atoms with Crippen molar-refractivity contribution in [1.82, 2.24) is 9.88 Å². The molecule has 0 spiro atoms. The molecular weight excluding hydrogens is 370 g/mol. The summed E-state index contributed by atoms with van der Waals surface area (Å²) in [5.74, 6) is 0.894. The minimum atomic E-state index is -0.533. The van der Waals surface area contributed by atoms with Crippen LogP contribution in [0.2, 0.25) is 0 Å². The van der Waals surface area contributed by atoms with Gasteiger partial charge in [-0.1, -0.05) is 0 Å². The third kappa shape index (κ3) is 4.77. The van der Waals surface area contributed by atoms with Gasteiger partial charge in [0.05, 0.1) is 18.4 Å². The number of carbonyl (C=O) groups is 2. The molecule has 1 saturated heterocycles. The van der Waals surface area contributed by atoms with E-state index in [0.29, 0.717) is 23.6 Å². The highest BCUT2D eigenvalue weighted by molar-refractivity contribution is 5.99. The highest BCUT2D eigenvalue weighted by atomic mass is 16.5. The average Bonchev–Trinajstić information content (AvgIpc) is 2.73. The smallest absolute Gasteiger partial charge is 0.252 e. The van der Waals surface area contributed by atoms with Gasteiger partial charge < -0.3 is 25.6 Å². The van der Waals surface area contributed by atoms with Crippen LogP contribution in [0.3, 0.4) is 0 Å². The standard InChI is InChI=1S/C21H27N5O3/c1-14(27)26-10-4-5-16(13-26)25(2)19-11-20(23-12-18(19)21(22)28)24-15-6-8-17(29-3)9-7-15/h6-9,11-12,16H,4-5,10,13H2,1-3H3,(H2,22,28)(H,23,24)/t16-/m1/s1. The van der Waals surface area contributed by atoms with Crippen LogP contribution in [0.15, 0.2) is 36.5 Å². The molecule has 1 atom stereocenters. The number of likely N-dealkylation sites (N-methyl/N-ethyl adjacent to an activating group) is 1. The third-order valence-corrected chi connectivity index (χ3v) is 5.28. The Hall–Kier alpha value is -3.29. The van der Waals surface area contributed by atoms with Gasteiger partial charge in [0, 0.05) is 51.1 Å². The number of pyridine rings is 1. The van der Waals surface area contributed by atoms with E-state index in [2.05, 4.69) is 10.3 Å². The normalized spacial score (nSPS) is 16.2. The number of amides is 2. The fourth-order valence-electron chi connectivity index (χ4n) is 3.57. The van der Waals surface area contributed by atoms with Gasteiger partial charge in [-0.3, -0.25) is 9.59 Å². The summed E-state index contributed by atoms with van der Waals surface area (Å²) in [6.07, 6.45) is 3.34. The predicted molar refractivity (Wildman–Crippen MR) is 113 cm³/mol. The van der Waals surface area contributed by atoms with Crippen molar-refractivity contribution < 1.29 is 14.3 Å². The highest BCUT2D eigenvalue weighted by Gasteiger charge is 2.27. The first-order chi connectivity index (χ1) is 13.9. The van der Waals surface area contributed by atoms with Gasteiger partial charge in [0.15, 0.2) is 0 Å². The lowest BCUT2D eigenvalue weighted by Crippen LogP contribution is -2.48. The summed E-state index contributed by atoms with van der Waals surface area (Å²) in [7, 11) is 3.54. The number of benzene rings is 1. The van der Waals surface area contributed by atoms with Crippen molar-refractivity contribution in [2.75, 3.05) is 37.5 Å². The third-order valence-electron chi connectivity index (χ3n) is 5.28. The Balaban J connectivity index is 1.86. The molecule has 0 saturated carbocycles. The number of nitrogens with two attached hydrogens (primary N) is 1. The van der Waals surface area contributed by atoms with E-state index in [0.717, 1.165) is 30.8 Å². The van der Waals surface area contributed by atoms with Crippen molar-refractivity contribution in [3.8, 4) is 5.75 Å². The number of nitrogens with one attached hydrogen (secondary N) is 1. The number of anilines is 3. The number of rotatable bonds is 6. The van der Waals surface area contributed by atoms with Crippen LogP contribution in [0.4, 0.5) is 17.2 Å². The molecule has 154 valence electrons. The summed E-state index contributed by atoms with van der Waals surface area (Å²) in [6, 6.07) is 9.39. The number of carbonyl (C=O) groups excluding carboxylic acids is 2. The molecule has 3 rings (SSSR count). The van der Waals surface area contributed by atoms with E-state index in [1.807, 2.05) is 47.2 Å². The fourth-order valence-corrected chi connectivity index (χ4v) is 3.57. The zero-order valence-electron chi connectivity index (χ0n) is 17.0. The maximum absolute atomic E-state index is 12.0. The predicted octanol–water partition coefficient (Wildman–Crippen LogP) is 2.38. The minimum absolute atomic E-state index is 0.0646. The van der Waals surface area contributed by atoms with Gasteiger partial charge in [-0.15, -0.1) is 0 Å². The molecule has 2 aromatic rings. The Kier molecular flexibility index (Phi) is 6.21. The number of primary amides is 1. The van der Waals surface area contributed by atoms with Crippen LogP contribution in [-0.4, -0.2) is 55.0 Å². The summed E-state index contributed by atoms with van der Waals surface area (Å²) in [6.45, 7) is 2.97. The van der Waals surface area contributed by atoms with Crippen LogP contribution in [0.25, 0.3) is 0 Å². The summed E-state index contributed by atoms with van der Waals surface area (Å²) in [4.78, 5) is 32.0. The Bertz CT molecular complexity index is 884. The van der Waals surface area contributed by atoms with Gasteiger partial charge in [0.1, 0.15) is 11.6 Å². The lowest BCUT2D eigenvalue weighted by atomic mass is 10.0. The van der Waals surface area contributed by atoms with E-state index in [1.54, 1.807) is 14.0 Å². The molecule has 0 bridgehead atoms. The molecule has 8 heteroatoms. The quantitative estimate of drug-likeness (QED) is 0.776. The van der Waals surface area contributed by atoms with Crippen LogP contribution in [0, 0.1) is 0 Å². The Morgan fingerprint density at radius 2 is 2.03 bits per heavy atom. The van der Waals surface area contributed by atoms with Crippen molar-refractivity contribution in [3.63, 3.8) is 0 Å². The Morgan fingerprint density at radius 1 is 1.31 bits per heavy atom. The molecule has 8 nitrogen and oxygen atoms in total. The number of likely N-dealkylation sites (tertiary alicyclic amines) is 1. The lowest BCUT2D eigenvalue weighted by molar-refractivity contribution is -0.129. The molecular formula is C21H27N5O3. The second-order valence-electron chi connectivity index (χ2n) is 7.18. The molecule has 1 aromatic heterocycles. The van der Waals surface area contributed by atoms with E-state index < -0.39 is 5.91 Å². The topological polar surface area (TPSA) is 101 Å². The maximum Gasteiger partial charge on any atom is 0.252 e. The summed E-state index contributed by atoms with van der Waals surface area (Å²) in [5, 5.41) is 3.24. The van der Waals surface area contributed by atoms with E-state index >= 15 is 0 Å². The number of methoxy groups -OCH3 is 1. The average molecular weight is 397 g/mol. The molecule has 0 unspecified atom stereocenters. The zero-order chi connectivity index (χ0) is 21.0. The number of hydrogen-bond donors (Lipinski definition) is 2. The van der Waals surface area contributed by atoms with E-state index in [-0.39, 0.29) is 11.9 Å². The first-order valence-electron chi connectivity index (χ1n) is 9.58. The van der Waals surface area contributed by atoms with Gasteiger partial charge >= 0.3 is 0 Å². The van der Waals surface area contributed by atoms with E-state index in [9.17, 15) is 9.59 Å². The second-order valence-corrected chi connectivity index (χ2v) is 7.18. The van der Waals surface area contributed by atoms with Gasteiger partial charge in [-0.25, -0.2) is 4.98 Å². The molecule has 1 aliphatic rings. The Labute approximate surface area is 170 Å². The van der Waals surface area contributed by atoms with Crippen LogP contribution in [-0.2, 0) is 4.79 Å². The first-order valence-corrected chi connectivity index (χ1v) is 9.58. The van der Waals surface area contributed by atoms with Crippen molar-refractivity contribution in [2.24, 2.45) is 5.73 Å². The van der Waals surface area contributed by atoms with Crippen LogP contribution >= 0.6 is 0 Å². The summed E-state index contributed by atoms with van der Waals surface area (Å²) < 4.78 is 5.18. The minimum Gasteiger partial charge on any atom is -0.497 e. The van der Waals surface area contributed by atoms with Crippen molar-refractivity contribution in [2.45, 2.75) is 25.8 Å². The number of aromatic nitrogens is 1. The second kappa shape index (κ2) is 8.81.